The molecule has 7 heteroatoms. The van der Waals surface area contributed by atoms with Crippen molar-refractivity contribution in [2.45, 2.75) is 27.3 Å². The van der Waals surface area contributed by atoms with Crippen LogP contribution in [-0.2, 0) is 6.54 Å². The third-order valence-corrected chi connectivity index (χ3v) is 4.52. The molecule has 1 aromatic heterocycles. The number of carbonyl (C=O) groups is 1. The van der Waals surface area contributed by atoms with Crippen molar-refractivity contribution in [3.05, 3.63) is 69.5 Å². The van der Waals surface area contributed by atoms with E-state index in [1.807, 2.05) is 63.2 Å². The van der Waals surface area contributed by atoms with Crippen LogP contribution in [0.1, 0.15) is 27.0 Å². The van der Waals surface area contributed by atoms with Crippen LogP contribution in [-0.4, -0.2) is 20.2 Å². The minimum Gasteiger partial charge on any atom is -0.366 e. The molecule has 0 amide bonds. The third kappa shape index (κ3) is 3.52. The van der Waals surface area contributed by atoms with Gasteiger partial charge >= 0.3 is 0 Å². The molecule has 0 atom stereocenters. The number of nitrogens with zero attached hydrogens (tertiary/aromatic N) is 3. The van der Waals surface area contributed by atoms with Crippen molar-refractivity contribution in [2.75, 3.05) is 11.2 Å². The molecule has 0 aliphatic carbocycles. The molecule has 0 bridgehead atoms. The van der Waals surface area contributed by atoms with Crippen molar-refractivity contribution in [1.29, 1.82) is 0 Å². The van der Waals surface area contributed by atoms with Crippen LogP contribution in [0.3, 0.4) is 0 Å². The predicted octanol–water partition coefficient (Wildman–Crippen LogP) is 3.68. The average molecular weight is 367 g/mol. The summed E-state index contributed by atoms with van der Waals surface area (Å²) in [6.07, 6.45) is 0. The molecule has 0 fully saturated rings. The van der Waals surface area contributed by atoms with Gasteiger partial charge in [0.25, 0.3) is 0 Å². The molecule has 0 saturated carbocycles. The second-order valence-corrected chi connectivity index (χ2v) is 6.67. The first-order valence-corrected chi connectivity index (χ1v) is 8.66. The van der Waals surface area contributed by atoms with Gasteiger partial charge in [0.1, 0.15) is 6.54 Å². The van der Waals surface area contributed by atoms with Gasteiger partial charge in [-0.3, -0.25) is 10.2 Å². The van der Waals surface area contributed by atoms with Gasteiger partial charge in [0, 0.05) is 5.56 Å². The maximum atomic E-state index is 12.8. The standard InChI is InChI=1S/C19H21N5OS/c1-12-9-13(2)17(14(3)10-12)16(25)11-23-19(26)24(18(20)22-23)21-15-7-5-4-6-8-15/h4-10,21H,11H2,1-3H3,(H2,20,22). The fourth-order valence-corrected chi connectivity index (χ4v) is 3.35. The summed E-state index contributed by atoms with van der Waals surface area (Å²) >= 11 is 5.44. The Morgan fingerprint density at radius 3 is 2.38 bits per heavy atom. The highest BCUT2D eigenvalue weighted by Gasteiger charge is 2.16. The van der Waals surface area contributed by atoms with Gasteiger partial charge in [-0.1, -0.05) is 35.9 Å². The summed E-state index contributed by atoms with van der Waals surface area (Å²) in [7, 11) is 0. The van der Waals surface area contributed by atoms with Gasteiger partial charge in [-0.2, -0.15) is 4.68 Å². The molecular weight excluding hydrogens is 346 g/mol. The van der Waals surface area contributed by atoms with Gasteiger partial charge in [-0.05, 0) is 56.2 Å². The molecule has 0 unspecified atom stereocenters. The largest absolute Gasteiger partial charge is 0.366 e. The lowest BCUT2D eigenvalue weighted by molar-refractivity contribution is 0.0966. The van der Waals surface area contributed by atoms with Gasteiger partial charge < -0.3 is 5.73 Å². The van der Waals surface area contributed by atoms with Crippen LogP contribution in [0.15, 0.2) is 42.5 Å². The SMILES string of the molecule is Cc1cc(C)c(C(=O)Cn2nc(N)n(Nc3ccccc3)c2=S)c(C)c1. The monoisotopic (exact) mass is 367 g/mol. The van der Waals surface area contributed by atoms with Crippen LogP contribution >= 0.6 is 12.2 Å². The number of ketones is 1. The molecular formula is C19H21N5OS. The molecule has 0 aliphatic heterocycles. The Morgan fingerprint density at radius 1 is 1.15 bits per heavy atom. The predicted molar refractivity (Wildman–Crippen MR) is 106 cm³/mol. The summed E-state index contributed by atoms with van der Waals surface area (Å²) < 4.78 is 3.27. The van der Waals surface area contributed by atoms with Crippen LogP contribution in [0, 0.1) is 25.5 Å². The Morgan fingerprint density at radius 2 is 1.77 bits per heavy atom. The van der Waals surface area contributed by atoms with Crippen molar-refractivity contribution < 1.29 is 4.79 Å². The average Bonchev–Trinajstić information content (AvgIpc) is 2.82. The number of aromatic nitrogens is 3. The summed E-state index contributed by atoms with van der Waals surface area (Å²) in [5, 5.41) is 4.22. The molecule has 6 nitrogen and oxygen atoms in total. The number of para-hydroxylation sites is 1. The Labute approximate surface area is 157 Å². The summed E-state index contributed by atoms with van der Waals surface area (Å²) in [5.74, 6) is 0.157. The van der Waals surface area contributed by atoms with Crippen molar-refractivity contribution in [3.8, 4) is 0 Å². The number of hydrogen-bond acceptors (Lipinski definition) is 5. The first kappa shape index (κ1) is 17.9. The summed E-state index contributed by atoms with van der Waals surface area (Å²) in [4.78, 5) is 12.8. The van der Waals surface area contributed by atoms with Crippen LogP contribution in [0.5, 0.6) is 0 Å². The molecule has 1 heterocycles. The fraction of sp³-hybridized carbons (Fsp3) is 0.211. The van der Waals surface area contributed by atoms with E-state index >= 15 is 0 Å². The van der Waals surface area contributed by atoms with Gasteiger partial charge in [-0.25, -0.2) is 4.68 Å². The Bertz CT molecular complexity index is 997. The number of hydrogen-bond donors (Lipinski definition) is 2. The molecule has 0 spiro atoms. The minimum absolute atomic E-state index is 0.0389. The lowest BCUT2D eigenvalue weighted by atomic mass is 9.96. The highest BCUT2D eigenvalue weighted by atomic mass is 32.1. The number of anilines is 2. The third-order valence-electron chi connectivity index (χ3n) is 4.13. The molecule has 26 heavy (non-hydrogen) atoms. The number of nitrogens with one attached hydrogen (secondary N) is 1. The lowest BCUT2D eigenvalue weighted by Crippen LogP contribution is -2.16. The molecule has 0 aliphatic rings. The molecule has 0 radical (unpaired) electrons. The Balaban J connectivity index is 1.89. The molecule has 0 saturated heterocycles. The highest BCUT2D eigenvalue weighted by Crippen LogP contribution is 2.18. The number of Topliss-reactive ketones (excluding diaryl/α,β-unsaturated/α-hetero) is 1. The van der Waals surface area contributed by atoms with Crippen molar-refractivity contribution in [2.24, 2.45) is 0 Å². The van der Waals surface area contributed by atoms with Gasteiger partial charge in [0.15, 0.2) is 5.78 Å². The summed E-state index contributed by atoms with van der Waals surface area (Å²) in [5.41, 5.74) is 13.6. The number of rotatable bonds is 5. The van der Waals surface area contributed by atoms with E-state index in [0.29, 0.717) is 10.3 Å². The minimum atomic E-state index is -0.0412. The van der Waals surface area contributed by atoms with Gasteiger partial charge in [0.2, 0.25) is 10.7 Å². The van der Waals surface area contributed by atoms with E-state index in [9.17, 15) is 4.79 Å². The molecule has 3 aromatic rings. The van der Waals surface area contributed by atoms with E-state index in [1.165, 1.54) is 9.36 Å². The van der Waals surface area contributed by atoms with E-state index in [1.54, 1.807) is 0 Å². The number of benzene rings is 2. The first-order valence-electron chi connectivity index (χ1n) is 8.25. The Hall–Kier alpha value is -2.93. The van der Waals surface area contributed by atoms with E-state index in [4.69, 9.17) is 18.0 Å². The van der Waals surface area contributed by atoms with E-state index < -0.39 is 0 Å². The fourth-order valence-electron chi connectivity index (χ4n) is 3.11. The van der Waals surface area contributed by atoms with Crippen molar-refractivity contribution in [3.63, 3.8) is 0 Å². The van der Waals surface area contributed by atoms with Gasteiger partial charge in [0.05, 0.1) is 5.69 Å². The zero-order valence-electron chi connectivity index (χ0n) is 15.0. The zero-order valence-corrected chi connectivity index (χ0v) is 15.8. The lowest BCUT2D eigenvalue weighted by Gasteiger charge is -2.10. The second kappa shape index (κ2) is 7.13. The number of carbonyl (C=O) groups excluding carboxylic acids is 1. The van der Waals surface area contributed by atoms with Crippen molar-refractivity contribution >= 4 is 29.6 Å². The van der Waals surface area contributed by atoms with Crippen LogP contribution in [0.4, 0.5) is 11.6 Å². The van der Waals surface area contributed by atoms with Crippen LogP contribution in [0.25, 0.3) is 0 Å². The maximum Gasteiger partial charge on any atom is 0.240 e. The number of nitrogens with two attached hydrogens (primary N) is 1. The molecule has 3 N–H and O–H groups in total. The van der Waals surface area contributed by atoms with Crippen molar-refractivity contribution in [1.82, 2.24) is 14.5 Å². The van der Waals surface area contributed by atoms with Gasteiger partial charge in [-0.15, -0.1) is 5.10 Å². The number of aryl methyl sites for hydroxylation is 3. The van der Waals surface area contributed by atoms with Crippen LogP contribution < -0.4 is 11.2 Å². The topological polar surface area (TPSA) is 77.9 Å². The number of nitrogen functional groups attached to an aromatic ring is 1. The Kier molecular flexibility index (Phi) is 4.90. The highest BCUT2D eigenvalue weighted by molar-refractivity contribution is 7.71. The summed E-state index contributed by atoms with van der Waals surface area (Å²) in [6, 6.07) is 13.5. The quantitative estimate of drug-likeness (QED) is 0.531. The molecule has 3 rings (SSSR count). The van der Waals surface area contributed by atoms with E-state index in [2.05, 4.69) is 10.5 Å². The molecule has 134 valence electrons. The zero-order chi connectivity index (χ0) is 18.8. The normalized spacial score (nSPS) is 10.7. The second-order valence-electron chi connectivity index (χ2n) is 6.31. The summed E-state index contributed by atoms with van der Waals surface area (Å²) in [6.45, 7) is 5.94. The maximum absolute atomic E-state index is 12.8. The first-order chi connectivity index (χ1) is 12.4. The molecule has 2 aromatic carbocycles. The van der Waals surface area contributed by atoms with Crippen LogP contribution in [0.2, 0.25) is 0 Å². The van der Waals surface area contributed by atoms with E-state index in [-0.39, 0.29) is 18.3 Å². The van der Waals surface area contributed by atoms with E-state index in [0.717, 1.165) is 22.4 Å². The smallest absolute Gasteiger partial charge is 0.240 e.